The Bertz CT molecular complexity index is 977. The van der Waals surface area contributed by atoms with Gasteiger partial charge in [0, 0.05) is 23.3 Å². The number of hydrogen-bond donors (Lipinski definition) is 1. The van der Waals surface area contributed by atoms with Crippen LogP contribution in [-0.4, -0.2) is 15.7 Å². The Labute approximate surface area is 169 Å². The molecular weight excluding hydrogens is 378 g/mol. The van der Waals surface area contributed by atoms with Crippen LogP contribution in [0.2, 0.25) is 5.02 Å². The van der Waals surface area contributed by atoms with Gasteiger partial charge in [0.05, 0.1) is 11.7 Å². The summed E-state index contributed by atoms with van der Waals surface area (Å²) in [6, 6.07) is 8.66. The largest absolute Gasteiger partial charge is 0.486 e. The summed E-state index contributed by atoms with van der Waals surface area (Å²) in [5.74, 6) is 1.24. The first-order valence-corrected chi connectivity index (χ1v) is 9.57. The number of carbonyl (C=O) groups is 1. The van der Waals surface area contributed by atoms with Gasteiger partial charge < -0.3 is 14.5 Å². The van der Waals surface area contributed by atoms with E-state index < -0.39 is 0 Å². The predicted octanol–water partition coefficient (Wildman–Crippen LogP) is 4.84. The van der Waals surface area contributed by atoms with Gasteiger partial charge in [-0.15, -0.1) is 0 Å². The van der Waals surface area contributed by atoms with Gasteiger partial charge in [-0.3, -0.25) is 9.48 Å². The Balaban J connectivity index is 1.60. The van der Waals surface area contributed by atoms with Crippen molar-refractivity contribution in [3.8, 4) is 5.75 Å². The fourth-order valence-corrected chi connectivity index (χ4v) is 3.02. The van der Waals surface area contributed by atoms with Crippen molar-refractivity contribution in [2.24, 2.45) is 0 Å². The molecule has 0 bridgehead atoms. The molecule has 0 radical (unpaired) electrons. The number of nitrogens with one attached hydrogen (secondary N) is 1. The number of halogens is 1. The van der Waals surface area contributed by atoms with Crippen LogP contribution in [0.3, 0.4) is 0 Å². The van der Waals surface area contributed by atoms with E-state index in [9.17, 15) is 4.79 Å². The minimum atomic E-state index is -0.273. The highest BCUT2D eigenvalue weighted by molar-refractivity contribution is 6.31. The van der Waals surface area contributed by atoms with Crippen LogP contribution >= 0.6 is 11.6 Å². The van der Waals surface area contributed by atoms with Crippen molar-refractivity contribution >= 4 is 17.5 Å². The molecule has 1 unspecified atom stereocenters. The monoisotopic (exact) mass is 401 g/mol. The second-order valence-electron chi connectivity index (χ2n) is 6.69. The maximum absolute atomic E-state index is 12.5. The first-order valence-electron chi connectivity index (χ1n) is 9.19. The number of nitrogens with zero attached hydrogens (tertiary/aromatic N) is 2. The zero-order valence-corrected chi connectivity index (χ0v) is 17.2. The molecule has 1 N–H and O–H groups in total. The van der Waals surface area contributed by atoms with Crippen LogP contribution in [0.25, 0.3) is 0 Å². The maximum Gasteiger partial charge on any atom is 0.287 e. The molecule has 0 spiro atoms. The summed E-state index contributed by atoms with van der Waals surface area (Å²) < 4.78 is 13.2. The first-order chi connectivity index (χ1) is 13.4. The Morgan fingerprint density at radius 3 is 2.79 bits per heavy atom. The number of benzene rings is 1. The molecule has 0 aliphatic rings. The molecule has 0 saturated carbocycles. The number of furan rings is 1. The van der Waals surface area contributed by atoms with Gasteiger partial charge >= 0.3 is 0 Å². The lowest BCUT2D eigenvalue weighted by molar-refractivity contribution is 0.0907. The van der Waals surface area contributed by atoms with E-state index in [0.29, 0.717) is 16.5 Å². The number of carbonyl (C=O) groups excluding carboxylic acids is 1. The van der Waals surface area contributed by atoms with Crippen LogP contribution in [0.1, 0.15) is 53.0 Å². The normalized spacial score (nSPS) is 12.0. The number of rotatable bonds is 7. The van der Waals surface area contributed by atoms with Gasteiger partial charge in [-0.2, -0.15) is 5.10 Å². The number of ether oxygens (including phenoxy) is 1. The number of aromatic nitrogens is 2. The van der Waals surface area contributed by atoms with Crippen LogP contribution in [-0.2, 0) is 13.2 Å². The molecule has 1 amide bonds. The highest BCUT2D eigenvalue weighted by atomic mass is 35.5. The summed E-state index contributed by atoms with van der Waals surface area (Å²) in [7, 11) is 0. The van der Waals surface area contributed by atoms with E-state index in [1.54, 1.807) is 24.3 Å². The summed E-state index contributed by atoms with van der Waals surface area (Å²) in [5, 5.41) is 8.06. The molecule has 3 rings (SSSR count). The van der Waals surface area contributed by atoms with Crippen molar-refractivity contribution in [3.63, 3.8) is 0 Å². The van der Waals surface area contributed by atoms with Crippen molar-refractivity contribution in [1.82, 2.24) is 15.1 Å². The maximum atomic E-state index is 12.5. The van der Waals surface area contributed by atoms with E-state index in [0.717, 1.165) is 23.4 Å². The fourth-order valence-electron chi connectivity index (χ4n) is 2.90. The molecule has 148 valence electrons. The van der Waals surface area contributed by atoms with Crippen molar-refractivity contribution in [3.05, 3.63) is 69.9 Å². The van der Waals surface area contributed by atoms with E-state index >= 15 is 0 Å². The van der Waals surface area contributed by atoms with Gasteiger partial charge in [0.1, 0.15) is 18.1 Å². The smallest absolute Gasteiger partial charge is 0.287 e. The molecule has 0 aliphatic heterocycles. The zero-order valence-electron chi connectivity index (χ0n) is 16.5. The third-order valence-electron chi connectivity index (χ3n) is 4.52. The second-order valence-corrected chi connectivity index (χ2v) is 7.09. The van der Waals surface area contributed by atoms with Crippen molar-refractivity contribution < 1.29 is 13.9 Å². The minimum absolute atomic E-state index is 0.172. The fraction of sp³-hybridized carbons (Fsp3) is 0.333. The van der Waals surface area contributed by atoms with Crippen molar-refractivity contribution in [1.29, 1.82) is 0 Å². The van der Waals surface area contributed by atoms with Gasteiger partial charge in [-0.05, 0) is 63.6 Å². The van der Waals surface area contributed by atoms with Crippen LogP contribution in [0.4, 0.5) is 0 Å². The van der Waals surface area contributed by atoms with Crippen LogP contribution in [0, 0.1) is 13.8 Å². The zero-order chi connectivity index (χ0) is 20.3. The molecule has 2 heterocycles. The summed E-state index contributed by atoms with van der Waals surface area (Å²) >= 11 is 6.02. The Hall–Kier alpha value is -2.73. The molecule has 1 aromatic carbocycles. The number of hydrogen-bond acceptors (Lipinski definition) is 4. The summed E-state index contributed by atoms with van der Waals surface area (Å²) in [4.78, 5) is 12.5. The molecule has 0 fully saturated rings. The Kier molecular flexibility index (Phi) is 6.09. The molecule has 0 aliphatic carbocycles. The lowest BCUT2D eigenvalue weighted by Gasteiger charge is -2.12. The number of aryl methyl sites for hydroxylation is 3. The van der Waals surface area contributed by atoms with Crippen LogP contribution in [0.15, 0.2) is 40.9 Å². The summed E-state index contributed by atoms with van der Waals surface area (Å²) in [5.41, 5.74) is 2.83. The standard InChI is InChI=1S/C21H24ClN3O3/c1-5-25-11-18(15(4)24-25)14(3)23-21(26)20-9-7-17(28-20)12-27-16-6-8-19(22)13(2)10-16/h6-11,14H,5,12H2,1-4H3,(H,23,26). The lowest BCUT2D eigenvalue weighted by atomic mass is 10.1. The van der Waals surface area contributed by atoms with Crippen LogP contribution < -0.4 is 10.1 Å². The average Bonchev–Trinajstić information content (AvgIpc) is 3.29. The van der Waals surface area contributed by atoms with Gasteiger partial charge in [0.2, 0.25) is 0 Å². The highest BCUT2D eigenvalue weighted by Gasteiger charge is 2.18. The van der Waals surface area contributed by atoms with Gasteiger partial charge in [0.15, 0.2) is 5.76 Å². The summed E-state index contributed by atoms with van der Waals surface area (Å²) in [6.45, 7) is 8.82. The van der Waals surface area contributed by atoms with Gasteiger partial charge in [-0.1, -0.05) is 11.6 Å². The molecular formula is C21H24ClN3O3. The average molecular weight is 402 g/mol. The number of amides is 1. The quantitative estimate of drug-likeness (QED) is 0.615. The third kappa shape index (κ3) is 4.57. The molecule has 6 nitrogen and oxygen atoms in total. The van der Waals surface area contributed by atoms with E-state index in [-0.39, 0.29) is 24.3 Å². The lowest BCUT2D eigenvalue weighted by Crippen LogP contribution is -2.26. The summed E-state index contributed by atoms with van der Waals surface area (Å²) in [6.07, 6.45) is 1.95. The Morgan fingerprint density at radius 1 is 1.32 bits per heavy atom. The third-order valence-corrected chi connectivity index (χ3v) is 4.94. The predicted molar refractivity (Wildman–Crippen MR) is 108 cm³/mol. The first kappa shape index (κ1) is 20.0. The van der Waals surface area contributed by atoms with Crippen molar-refractivity contribution in [2.75, 3.05) is 0 Å². The van der Waals surface area contributed by atoms with E-state index in [2.05, 4.69) is 10.4 Å². The second kappa shape index (κ2) is 8.52. The molecule has 28 heavy (non-hydrogen) atoms. The molecule has 3 aromatic rings. The van der Waals surface area contributed by atoms with Gasteiger partial charge in [0.25, 0.3) is 5.91 Å². The molecule has 1 atom stereocenters. The van der Waals surface area contributed by atoms with E-state index in [1.807, 2.05) is 44.6 Å². The minimum Gasteiger partial charge on any atom is -0.486 e. The molecule has 7 heteroatoms. The molecule has 2 aromatic heterocycles. The SMILES string of the molecule is CCn1cc(C(C)NC(=O)c2ccc(COc3ccc(Cl)c(C)c3)o2)c(C)n1. The van der Waals surface area contributed by atoms with E-state index in [4.69, 9.17) is 20.8 Å². The van der Waals surface area contributed by atoms with Crippen molar-refractivity contribution in [2.45, 2.75) is 46.9 Å². The Morgan fingerprint density at radius 2 is 2.11 bits per heavy atom. The van der Waals surface area contributed by atoms with Crippen LogP contribution in [0.5, 0.6) is 5.75 Å². The van der Waals surface area contributed by atoms with Gasteiger partial charge in [-0.25, -0.2) is 0 Å². The highest BCUT2D eigenvalue weighted by Crippen LogP contribution is 2.22. The molecule has 0 saturated heterocycles. The van der Waals surface area contributed by atoms with E-state index in [1.165, 1.54) is 0 Å². The topological polar surface area (TPSA) is 69.3 Å².